The molecule has 1 aromatic heterocycles. The molecule has 2 aromatic rings. The van der Waals surface area contributed by atoms with Gasteiger partial charge in [-0.05, 0) is 19.1 Å². The van der Waals surface area contributed by atoms with E-state index in [0.717, 1.165) is 0 Å². The normalized spacial score (nSPS) is 15.5. The molecule has 15 heavy (non-hydrogen) atoms. The highest BCUT2D eigenvalue weighted by atomic mass is 19.1. The summed E-state index contributed by atoms with van der Waals surface area (Å²) in [5.41, 5.74) is 6.50. The highest BCUT2D eigenvalue weighted by Crippen LogP contribution is 2.21. The van der Waals surface area contributed by atoms with Gasteiger partial charge in [0, 0.05) is 6.07 Å². The molecule has 5 heteroatoms. The summed E-state index contributed by atoms with van der Waals surface area (Å²) in [5.74, 6) is -0.179. The van der Waals surface area contributed by atoms with Crippen LogP contribution in [0.4, 0.5) is 4.39 Å². The van der Waals surface area contributed by atoms with Crippen LogP contribution in [-0.2, 0) is 0 Å². The van der Waals surface area contributed by atoms with E-state index in [-0.39, 0.29) is 5.89 Å². The molecule has 0 fully saturated rings. The SMILES string of the molecule is CC(O)C(N)c1nc2ccc(F)cc2o1. The zero-order valence-electron chi connectivity index (χ0n) is 8.14. The quantitative estimate of drug-likeness (QED) is 0.784. The average Bonchev–Trinajstić information content (AvgIpc) is 2.58. The lowest BCUT2D eigenvalue weighted by atomic mass is 10.2. The molecule has 80 valence electrons. The van der Waals surface area contributed by atoms with Crippen LogP contribution in [0.2, 0.25) is 0 Å². The van der Waals surface area contributed by atoms with Gasteiger partial charge >= 0.3 is 0 Å². The fourth-order valence-electron chi connectivity index (χ4n) is 1.27. The van der Waals surface area contributed by atoms with Gasteiger partial charge in [0.05, 0.1) is 6.10 Å². The van der Waals surface area contributed by atoms with Crippen molar-refractivity contribution in [3.8, 4) is 0 Å². The van der Waals surface area contributed by atoms with E-state index in [4.69, 9.17) is 10.2 Å². The standard InChI is InChI=1S/C10H11FN2O2/c1-5(14)9(12)10-13-7-3-2-6(11)4-8(7)15-10/h2-5,9,14H,12H2,1H3. The Bertz CT molecular complexity index is 481. The highest BCUT2D eigenvalue weighted by molar-refractivity contribution is 5.72. The molecule has 0 spiro atoms. The summed E-state index contributed by atoms with van der Waals surface area (Å²) in [5, 5.41) is 9.25. The van der Waals surface area contributed by atoms with Gasteiger partial charge in [0.2, 0.25) is 5.89 Å². The third kappa shape index (κ3) is 1.84. The van der Waals surface area contributed by atoms with Crippen molar-refractivity contribution in [3.05, 3.63) is 29.9 Å². The summed E-state index contributed by atoms with van der Waals surface area (Å²) in [6.07, 6.45) is -0.761. The van der Waals surface area contributed by atoms with Gasteiger partial charge in [0.15, 0.2) is 5.58 Å². The third-order valence-electron chi connectivity index (χ3n) is 2.17. The number of hydrogen-bond acceptors (Lipinski definition) is 4. The average molecular weight is 210 g/mol. The predicted molar refractivity (Wildman–Crippen MR) is 52.6 cm³/mol. The van der Waals surface area contributed by atoms with Crippen LogP contribution in [0.25, 0.3) is 11.1 Å². The second-order valence-corrected chi connectivity index (χ2v) is 3.43. The van der Waals surface area contributed by atoms with Crippen molar-refractivity contribution in [3.63, 3.8) is 0 Å². The number of oxazole rings is 1. The Balaban J connectivity index is 2.47. The smallest absolute Gasteiger partial charge is 0.215 e. The minimum atomic E-state index is -0.761. The number of fused-ring (bicyclic) bond motifs is 1. The fraction of sp³-hybridized carbons (Fsp3) is 0.300. The molecule has 0 radical (unpaired) electrons. The number of benzene rings is 1. The van der Waals surface area contributed by atoms with Crippen molar-refractivity contribution in [1.82, 2.24) is 4.98 Å². The second kappa shape index (κ2) is 3.60. The Morgan fingerprint density at radius 1 is 1.53 bits per heavy atom. The Morgan fingerprint density at radius 2 is 2.27 bits per heavy atom. The Morgan fingerprint density at radius 3 is 2.93 bits per heavy atom. The van der Waals surface area contributed by atoms with Crippen LogP contribution in [0.3, 0.4) is 0 Å². The molecule has 2 rings (SSSR count). The zero-order valence-corrected chi connectivity index (χ0v) is 8.14. The number of nitrogens with two attached hydrogens (primary N) is 1. The van der Waals surface area contributed by atoms with E-state index in [0.29, 0.717) is 11.1 Å². The highest BCUT2D eigenvalue weighted by Gasteiger charge is 2.18. The van der Waals surface area contributed by atoms with E-state index in [2.05, 4.69) is 4.98 Å². The number of nitrogens with zero attached hydrogens (tertiary/aromatic N) is 1. The third-order valence-corrected chi connectivity index (χ3v) is 2.17. The maximum absolute atomic E-state index is 12.8. The molecule has 0 aliphatic carbocycles. The number of halogens is 1. The van der Waals surface area contributed by atoms with Gasteiger partial charge in [-0.25, -0.2) is 9.37 Å². The molecule has 0 saturated carbocycles. The van der Waals surface area contributed by atoms with Gasteiger partial charge in [-0.15, -0.1) is 0 Å². The van der Waals surface area contributed by atoms with E-state index in [1.165, 1.54) is 18.2 Å². The molecule has 4 nitrogen and oxygen atoms in total. The molecule has 1 aromatic carbocycles. The molecule has 0 aliphatic rings. The van der Waals surface area contributed by atoms with Crippen molar-refractivity contribution in [2.45, 2.75) is 19.1 Å². The maximum atomic E-state index is 12.8. The first-order chi connectivity index (χ1) is 7.08. The molecule has 0 bridgehead atoms. The summed E-state index contributed by atoms with van der Waals surface area (Å²) in [7, 11) is 0. The van der Waals surface area contributed by atoms with Gasteiger partial charge in [-0.3, -0.25) is 0 Å². The van der Waals surface area contributed by atoms with Gasteiger partial charge in [0.1, 0.15) is 17.4 Å². The first-order valence-corrected chi connectivity index (χ1v) is 4.57. The summed E-state index contributed by atoms with van der Waals surface area (Å²) < 4.78 is 18.1. The number of aliphatic hydroxyl groups excluding tert-OH is 1. The summed E-state index contributed by atoms with van der Waals surface area (Å²) in [6.45, 7) is 1.54. The van der Waals surface area contributed by atoms with E-state index >= 15 is 0 Å². The number of rotatable bonds is 2. The first-order valence-electron chi connectivity index (χ1n) is 4.57. The largest absolute Gasteiger partial charge is 0.439 e. The van der Waals surface area contributed by atoms with E-state index in [1.807, 2.05) is 0 Å². The van der Waals surface area contributed by atoms with Crippen molar-refractivity contribution in [2.24, 2.45) is 5.73 Å². The molecular formula is C10H11FN2O2. The summed E-state index contributed by atoms with van der Waals surface area (Å²) in [4.78, 5) is 4.06. The van der Waals surface area contributed by atoms with Crippen molar-refractivity contribution < 1.29 is 13.9 Å². The van der Waals surface area contributed by atoms with Crippen LogP contribution >= 0.6 is 0 Å². The van der Waals surface area contributed by atoms with E-state index in [9.17, 15) is 9.50 Å². The summed E-state index contributed by atoms with van der Waals surface area (Å²) in [6, 6.07) is 3.34. The van der Waals surface area contributed by atoms with Crippen LogP contribution in [0.15, 0.2) is 22.6 Å². The lowest BCUT2D eigenvalue weighted by Gasteiger charge is -2.09. The summed E-state index contributed by atoms with van der Waals surface area (Å²) >= 11 is 0. The first kappa shape index (κ1) is 10.1. The minimum Gasteiger partial charge on any atom is -0.439 e. The van der Waals surface area contributed by atoms with Crippen LogP contribution < -0.4 is 5.73 Å². The van der Waals surface area contributed by atoms with Crippen LogP contribution in [-0.4, -0.2) is 16.2 Å². The molecule has 0 aliphatic heterocycles. The molecule has 1 heterocycles. The number of aromatic nitrogens is 1. The van der Waals surface area contributed by atoms with Crippen LogP contribution in [0.5, 0.6) is 0 Å². The zero-order chi connectivity index (χ0) is 11.0. The Kier molecular flexibility index (Phi) is 2.42. The van der Waals surface area contributed by atoms with Gasteiger partial charge in [-0.2, -0.15) is 0 Å². The number of aliphatic hydroxyl groups is 1. The van der Waals surface area contributed by atoms with Gasteiger partial charge in [0.25, 0.3) is 0 Å². The second-order valence-electron chi connectivity index (χ2n) is 3.43. The van der Waals surface area contributed by atoms with E-state index < -0.39 is 18.0 Å². The molecule has 0 amide bonds. The molecule has 2 atom stereocenters. The molecular weight excluding hydrogens is 199 g/mol. The van der Waals surface area contributed by atoms with Crippen LogP contribution in [0, 0.1) is 5.82 Å². The lowest BCUT2D eigenvalue weighted by molar-refractivity contribution is 0.152. The fourth-order valence-corrected chi connectivity index (χ4v) is 1.27. The van der Waals surface area contributed by atoms with Crippen molar-refractivity contribution >= 4 is 11.1 Å². The van der Waals surface area contributed by atoms with E-state index in [1.54, 1.807) is 6.92 Å². The number of hydrogen-bond donors (Lipinski definition) is 2. The van der Waals surface area contributed by atoms with Crippen LogP contribution in [0.1, 0.15) is 18.9 Å². The molecule has 3 N–H and O–H groups in total. The Labute approximate surface area is 85.5 Å². The maximum Gasteiger partial charge on any atom is 0.215 e. The van der Waals surface area contributed by atoms with Gasteiger partial charge in [-0.1, -0.05) is 0 Å². The van der Waals surface area contributed by atoms with Gasteiger partial charge < -0.3 is 15.3 Å². The molecule has 2 unspecified atom stereocenters. The predicted octanol–water partition coefficient (Wildman–Crippen LogP) is 1.35. The topological polar surface area (TPSA) is 72.3 Å². The lowest BCUT2D eigenvalue weighted by Crippen LogP contribution is -2.23. The minimum absolute atomic E-state index is 0.214. The van der Waals surface area contributed by atoms with Crippen molar-refractivity contribution in [1.29, 1.82) is 0 Å². The molecule has 0 saturated heterocycles. The van der Waals surface area contributed by atoms with Crippen molar-refractivity contribution in [2.75, 3.05) is 0 Å². The monoisotopic (exact) mass is 210 g/mol. The Hall–Kier alpha value is -1.46.